The first-order valence-corrected chi connectivity index (χ1v) is 5.59. The van der Waals surface area contributed by atoms with Gasteiger partial charge in [0.1, 0.15) is 0 Å². The molecule has 0 unspecified atom stereocenters. The van der Waals surface area contributed by atoms with Crippen molar-refractivity contribution in [3.8, 4) is 0 Å². The van der Waals surface area contributed by atoms with Crippen LogP contribution in [0.4, 0.5) is 0 Å². The molecule has 3 heteroatoms. The minimum Gasteiger partial charge on any atom is -0.396 e. The lowest BCUT2D eigenvalue weighted by molar-refractivity contribution is 0.289. The van der Waals surface area contributed by atoms with Gasteiger partial charge in [0, 0.05) is 6.61 Å². The van der Waals surface area contributed by atoms with Crippen LogP contribution < -0.4 is 0 Å². The Bertz CT molecular complexity index is 436. The molecule has 0 aliphatic heterocycles. The number of rotatable bonds is 3. The van der Waals surface area contributed by atoms with Crippen LogP contribution in [0, 0.1) is 6.92 Å². The molecule has 0 amide bonds. The largest absolute Gasteiger partial charge is 0.396 e. The molecule has 2 nitrogen and oxygen atoms in total. The van der Waals surface area contributed by atoms with Gasteiger partial charge in [-0.3, -0.25) is 0 Å². The standard InChI is InChI=1S/C11H13NOS/c1-8-12-11-9(5-3-7-13)4-2-6-10(11)14-8/h2,4,6,13H,3,5,7H2,1H3. The van der Waals surface area contributed by atoms with Crippen molar-refractivity contribution in [3.63, 3.8) is 0 Å². The minimum atomic E-state index is 0.250. The predicted octanol–water partition coefficient (Wildman–Crippen LogP) is 2.53. The summed E-state index contributed by atoms with van der Waals surface area (Å²) in [7, 11) is 0. The van der Waals surface area contributed by atoms with Gasteiger partial charge < -0.3 is 5.11 Å². The van der Waals surface area contributed by atoms with Crippen LogP contribution in [0.1, 0.15) is 17.0 Å². The third-order valence-corrected chi connectivity index (χ3v) is 3.15. The Kier molecular flexibility index (Phi) is 2.79. The molecule has 1 aromatic carbocycles. The first kappa shape index (κ1) is 9.62. The molecule has 0 bridgehead atoms. The number of thiazole rings is 1. The van der Waals surface area contributed by atoms with Crippen molar-refractivity contribution in [3.05, 3.63) is 28.8 Å². The van der Waals surface area contributed by atoms with Gasteiger partial charge in [-0.2, -0.15) is 0 Å². The lowest BCUT2D eigenvalue weighted by atomic mass is 10.1. The number of aliphatic hydroxyl groups excluding tert-OH is 1. The normalized spacial score (nSPS) is 11.0. The van der Waals surface area contributed by atoms with E-state index in [1.807, 2.05) is 6.92 Å². The molecule has 0 aliphatic carbocycles. The molecule has 1 aromatic heterocycles. The van der Waals surface area contributed by atoms with Gasteiger partial charge in [-0.25, -0.2) is 4.98 Å². The maximum Gasteiger partial charge on any atom is 0.0907 e. The number of fused-ring (bicyclic) bond motifs is 1. The molecule has 0 spiro atoms. The number of nitrogens with zero attached hydrogens (tertiary/aromatic N) is 1. The summed E-state index contributed by atoms with van der Waals surface area (Å²) in [5, 5.41) is 9.89. The van der Waals surface area contributed by atoms with Crippen molar-refractivity contribution in [2.75, 3.05) is 6.61 Å². The molecule has 2 rings (SSSR count). The van der Waals surface area contributed by atoms with Gasteiger partial charge in [0.2, 0.25) is 0 Å². The van der Waals surface area contributed by atoms with Crippen molar-refractivity contribution < 1.29 is 5.11 Å². The zero-order valence-electron chi connectivity index (χ0n) is 8.16. The molecular weight excluding hydrogens is 194 g/mol. The van der Waals surface area contributed by atoms with Crippen LogP contribution in [0.5, 0.6) is 0 Å². The van der Waals surface area contributed by atoms with Gasteiger partial charge in [0.25, 0.3) is 0 Å². The van der Waals surface area contributed by atoms with E-state index in [-0.39, 0.29) is 6.61 Å². The summed E-state index contributed by atoms with van der Waals surface area (Å²) in [6.07, 6.45) is 1.73. The van der Waals surface area contributed by atoms with Crippen LogP contribution in [-0.2, 0) is 6.42 Å². The Morgan fingerprint density at radius 1 is 1.43 bits per heavy atom. The Labute approximate surface area is 87.2 Å². The third-order valence-electron chi connectivity index (χ3n) is 2.21. The molecule has 1 heterocycles. The molecule has 1 N–H and O–H groups in total. The van der Waals surface area contributed by atoms with E-state index in [1.165, 1.54) is 10.3 Å². The molecule has 0 saturated carbocycles. The summed E-state index contributed by atoms with van der Waals surface area (Å²) in [6.45, 7) is 2.28. The lowest BCUT2D eigenvalue weighted by Crippen LogP contribution is -1.90. The fraction of sp³-hybridized carbons (Fsp3) is 0.364. The van der Waals surface area contributed by atoms with Crippen LogP contribution in [0.2, 0.25) is 0 Å². The number of aliphatic hydroxyl groups is 1. The number of aryl methyl sites for hydroxylation is 2. The van der Waals surface area contributed by atoms with E-state index in [9.17, 15) is 0 Å². The summed E-state index contributed by atoms with van der Waals surface area (Å²) < 4.78 is 1.25. The first-order chi connectivity index (χ1) is 6.81. The smallest absolute Gasteiger partial charge is 0.0907 e. The monoisotopic (exact) mass is 207 g/mol. The van der Waals surface area contributed by atoms with Gasteiger partial charge in [-0.05, 0) is 31.4 Å². The second-order valence-electron chi connectivity index (χ2n) is 3.32. The molecule has 74 valence electrons. The number of hydrogen-bond donors (Lipinski definition) is 1. The Balaban J connectivity index is 2.42. The summed E-state index contributed by atoms with van der Waals surface area (Å²) in [5.74, 6) is 0. The number of hydrogen-bond acceptors (Lipinski definition) is 3. The van der Waals surface area contributed by atoms with E-state index in [4.69, 9.17) is 5.11 Å². The summed E-state index contributed by atoms with van der Waals surface area (Å²) >= 11 is 1.73. The average molecular weight is 207 g/mol. The second kappa shape index (κ2) is 4.07. The first-order valence-electron chi connectivity index (χ1n) is 4.77. The van der Waals surface area contributed by atoms with Crippen LogP contribution in [-0.4, -0.2) is 16.7 Å². The van der Waals surface area contributed by atoms with Gasteiger partial charge >= 0.3 is 0 Å². The highest BCUT2D eigenvalue weighted by Gasteiger charge is 2.04. The van der Waals surface area contributed by atoms with Crippen molar-refractivity contribution in [1.82, 2.24) is 4.98 Å². The maximum atomic E-state index is 8.79. The number of benzene rings is 1. The molecule has 0 atom stereocenters. The zero-order valence-corrected chi connectivity index (χ0v) is 8.97. The highest BCUT2D eigenvalue weighted by Crippen LogP contribution is 2.24. The van der Waals surface area contributed by atoms with Gasteiger partial charge in [-0.1, -0.05) is 12.1 Å². The van der Waals surface area contributed by atoms with Gasteiger partial charge in [0.05, 0.1) is 15.2 Å². The van der Waals surface area contributed by atoms with Crippen molar-refractivity contribution >= 4 is 21.6 Å². The van der Waals surface area contributed by atoms with Crippen molar-refractivity contribution in [2.24, 2.45) is 0 Å². The summed E-state index contributed by atoms with van der Waals surface area (Å²) in [4.78, 5) is 4.50. The minimum absolute atomic E-state index is 0.250. The van der Waals surface area contributed by atoms with Crippen molar-refractivity contribution in [2.45, 2.75) is 19.8 Å². The SMILES string of the molecule is Cc1nc2c(CCCO)cccc2s1. The molecule has 0 aliphatic rings. The van der Waals surface area contributed by atoms with Gasteiger partial charge in [0.15, 0.2) is 0 Å². The van der Waals surface area contributed by atoms with Crippen LogP contribution in [0.15, 0.2) is 18.2 Å². The van der Waals surface area contributed by atoms with E-state index >= 15 is 0 Å². The Morgan fingerprint density at radius 2 is 2.29 bits per heavy atom. The Morgan fingerprint density at radius 3 is 3.07 bits per heavy atom. The number of aromatic nitrogens is 1. The van der Waals surface area contributed by atoms with Crippen LogP contribution in [0.3, 0.4) is 0 Å². The van der Waals surface area contributed by atoms with E-state index in [1.54, 1.807) is 11.3 Å². The van der Waals surface area contributed by atoms with E-state index in [0.717, 1.165) is 23.4 Å². The topological polar surface area (TPSA) is 33.1 Å². The maximum absolute atomic E-state index is 8.79. The van der Waals surface area contributed by atoms with Gasteiger partial charge in [-0.15, -0.1) is 11.3 Å². The summed E-state index contributed by atoms with van der Waals surface area (Å²) in [5.41, 5.74) is 2.37. The predicted molar refractivity (Wildman–Crippen MR) is 59.8 cm³/mol. The number of para-hydroxylation sites is 1. The van der Waals surface area contributed by atoms with Crippen molar-refractivity contribution in [1.29, 1.82) is 0 Å². The molecule has 0 fully saturated rings. The highest BCUT2D eigenvalue weighted by atomic mass is 32.1. The fourth-order valence-electron chi connectivity index (χ4n) is 1.59. The second-order valence-corrected chi connectivity index (χ2v) is 4.56. The summed E-state index contributed by atoms with van der Waals surface area (Å²) in [6, 6.07) is 6.26. The third kappa shape index (κ3) is 1.79. The molecule has 0 saturated heterocycles. The molecular formula is C11H13NOS. The fourth-order valence-corrected chi connectivity index (χ4v) is 2.46. The highest BCUT2D eigenvalue weighted by molar-refractivity contribution is 7.18. The van der Waals surface area contributed by atoms with Crippen LogP contribution >= 0.6 is 11.3 Å². The van der Waals surface area contributed by atoms with Crippen LogP contribution in [0.25, 0.3) is 10.2 Å². The average Bonchev–Trinajstić information content (AvgIpc) is 2.55. The van der Waals surface area contributed by atoms with E-state index in [0.29, 0.717) is 0 Å². The zero-order chi connectivity index (χ0) is 9.97. The lowest BCUT2D eigenvalue weighted by Gasteiger charge is -1.99. The quantitative estimate of drug-likeness (QED) is 0.839. The Hall–Kier alpha value is -0.930. The molecule has 2 aromatic rings. The van der Waals surface area contributed by atoms with E-state index in [2.05, 4.69) is 23.2 Å². The molecule has 14 heavy (non-hydrogen) atoms. The molecule has 0 radical (unpaired) electrons. The van der Waals surface area contributed by atoms with E-state index < -0.39 is 0 Å².